The Balaban J connectivity index is 1.90. The van der Waals surface area contributed by atoms with Crippen molar-refractivity contribution in [3.63, 3.8) is 0 Å². The molecule has 1 saturated heterocycles. The maximum atomic E-state index is 11.3. The van der Waals surface area contributed by atoms with Gasteiger partial charge < -0.3 is 4.74 Å². The third-order valence-electron chi connectivity index (χ3n) is 2.69. The first-order chi connectivity index (χ1) is 7.25. The summed E-state index contributed by atoms with van der Waals surface area (Å²) in [6.45, 7) is 0.913. The molecule has 1 aromatic rings. The van der Waals surface area contributed by atoms with E-state index in [1.54, 1.807) is 0 Å². The van der Waals surface area contributed by atoms with Gasteiger partial charge in [-0.05, 0) is 30.5 Å². The molecule has 0 spiro atoms. The fraction of sp³-hybridized carbons (Fsp3) is 0.417. The Morgan fingerprint density at radius 2 is 2.33 bits per heavy atom. The molecule has 80 valence electrons. The Kier molecular flexibility index (Phi) is 3.54. The highest BCUT2D eigenvalue weighted by atomic mass is 79.9. The molecule has 0 bridgehead atoms. The van der Waals surface area contributed by atoms with E-state index < -0.39 is 0 Å². The van der Waals surface area contributed by atoms with Crippen molar-refractivity contribution in [3.05, 3.63) is 34.3 Å². The first kappa shape index (κ1) is 10.8. The molecule has 1 aliphatic heterocycles. The second-order valence-corrected chi connectivity index (χ2v) is 4.76. The van der Waals surface area contributed by atoms with Crippen LogP contribution in [0.15, 0.2) is 28.7 Å². The van der Waals surface area contributed by atoms with Crippen LogP contribution >= 0.6 is 15.9 Å². The second-order valence-electron chi connectivity index (χ2n) is 3.85. The van der Waals surface area contributed by atoms with Crippen molar-refractivity contribution < 1.29 is 9.53 Å². The van der Waals surface area contributed by atoms with E-state index in [1.807, 2.05) is 12.1 Å². The fourth-order valence-electron chi connectivity index (χ4n) is 1.79. The van der Waals surface area contributed by atoms with E-state index in [1.165, 1.54) is 5.56 Å². The summed E-state index contributed by atoms with van der Waals surface area (Å²) >= 11 is 3.44. The summed E-state index contributed by atoms with van der Waals surface area (Å²) in [6.07, 6.45) is 1.84. The number of carbonyl (C=O) groups is 1. The molecule has 1 aromatic carbocycles. The Morgan fingerprint density at radius 1 is 1.47 bits per heavy atom. The number of hydrogen-bond donors (Lipinski definition) is 0. The van der Waals surface area contributed by atoms with E-state index >= 15 is 0 Å². The van der Waals surface area contributed by atoms with Crippen molar-refractivity contribution in [2.24, 2.45) is 5.92 Å². The molecular weight excluding hydrogens is 256 g/mol. The minimum atomic E-state index is 0.115. The van der Waals surface area contributed by atoms with Crippen LogP contribution in [0, 0.1) is 5.92 Å². The van der Waals surface area contributed by atoms with Gasteiger partial charge in [0.25, 0.3) is 0 Å². The topological polar surface area (TPSA) is 26.3 Å². The molecule has 1 fully saturated rings. The molecule has 0 aromatic heterocycles. The number of halogens is 1. The van der Waals surface area contributed by atoms with Gasteiger partial charge in [0.2, 0.25) is 0 Å². The number of aryl methyl sites for hydroxylation is 1. The summed E-state index contributed by atoms with van der Waals surface area (Å²) in [6, 6.07) is 8.21. The first-order valence-electron chi connectivity index (χ1n) is 5.10. The fourth-order valence-corrected chi connectivity index (χ4v) is 2.24. The van der Waals surface area contributed by atoms with Crippen molar-refractivity contribution in [1.29, 1.82) is 0 Å². The summed E-state index contributed by atoms with van der Waals surface area (Å²) in [7, 11) is 0. The van der Waals surface area contributed by atoms with Gasteiger partial charge in [0.05, 0.1) is 6.61 Å². The van der Waals surface area contributed by atoms with E-state index in [0.717, 1.165) is 17.3 Å². The highest BCUT2D eigenvalue weighted by Gasteiger charge is 2.24. The predicted octanol–water partition coefficient (Wildman–Crippen LogP) is 2.60. The van der Waals surface area contributed by atoms with Crippen LogP contribution in [0.25, 0.3) is 0 Å². The summed E-state index contributed by atoms with van der Waals surface area (Å²) in [5.74, 6) is 0.369. The molecule has 2 rings (SSSR count). The SMILES string of the molecule is O=C1COCC1CCc1cccc(Br)c1. The average Bonchev–Trinajstić information content (AvgIpc) is 2.61. The van der Waals surface area contributed by atoms with E-state index in [2.05, 4.69) is 28.1 Å². The van der Waals surface area contributed by atoms with E-state index in [9.17, 15) is 4.79 Å². The second kappa shape index (κ2) is 4.90. The van der Waals surface area contributed by atoms with Crippen LogP contribution in [0.1, 0.15) is 12.0 Å². The lowest BCUT2D eigenvalue weighted by Crippen LogP contribution is -2.11. The number of Topliss-reactive ketones (excluding diaryl/α,β-unsaturated/α-hetero) is 1. The number of ether oxygens (including phenoxy) is 1. The molecule has 15 heavy (non-hydrogen) atoms. The van der Waals surface area contributed by atoms with Crippen LogP contribution in [-0.2, 0) is 16.0 Å². The molecule has 1 aliphatic rings. The Bertz CT molecular complexity index is 362. The molecule has 2 nitrogen and oxygen atoms in total. The van der Waals surface area contributed by atoms with Crippen molar-refractivity contribution in [1.82, 2.24) is 0 Å². The van der Waals surface area contributed by atoms with Crippen molar-refractivity contribution in [3.8, 4) is 0 Å². The third-order valence-corrected chi connectivity index (χ3v) is 3.18. The van der Waals surface area contributed by atoms with Crippen LogP contribution in [0.3, 0.4) is 0 Å². The molecule has 1 atom stereocenters. The Labute approximate surface area is 97.8 Å². The van der Waals surface area contributed by atoms with Gasteiger partial charge >= 0.3 is 0 Å². The van der Waals surface area contributed by atoms with Gasteiger partial charge in [0.15, 0.2) is 5.78 Å². The summed E-state index contributed by atoms with van der Waals surface area (Å²) in [5, 5.41) is 0. The maximum Gasteiger partial charge on any atom is 0.163 e. The molecule has 0 saturated carbocycles. The van der Waals surface area contributed by atoms with Gasteiger partial charge in [-0.1, -0.05) is 28.1 Å². The van der Waals surface area contributed by atoms with E-state index in [-0.39, 0.29) is 11.7 Å². The largest absolute Gasteiger partial charge is 0.373 e. The summed E-state index contributed by atoms with van der Waals surface area (Å²) < 4.78 is 6.21. The van der Waals surface area contributed by atoms with Gasteiger partial charge in [-0.3, -0.25) is 4.79 Å². The van der Waals surface area contributed by atoms with Gasteiger partial charge in [0.1, 0.15) is 6.61 Å². The third kappa shape index (κ3) is 2.89. The zero-order chi connectivity index (χ0) is 10.7. The first-order valence-corrected chi connectivity index (χ1v) is 5.90. The highest BCUT2D eigenvalue weighted by Crippen LogP contribution is 2.18. The smallest absolute Gasteiger partial charge is 0.163 e. The van der Waals surface area contributed by atoms with Crippen molar-refractivity contribution in [2.75, 3.05) is 13.2 Å². The quantitative estimate of drug-likeness (QED) is 0.843. The number of rotatable bonds is 3. The minimum absolute atomic E-state index is 0.115. The molecule has 1 unspecified atom stereocenters. The molecule has 3 heteroatoms. The molecular formula is C12H13BrO2. The minimum Gasteiger partial charge on any atom is -0.373 e. The average molecular weight is 269 g/mol. The zero-order valence-corrected chi connectivity index (χ0v) is 10.00. The number of carbonyl (C=O) groups excluding carboxylic acids is 1. The standard InChI is InChI=1S/C12H13BrO2/c13-11-3-1-2-9(6-11)4-5-10-7-15-8-12(10)14/h1-3,6,10H,4-5,7-8H2. The van der Waals surface area contributed by atoms with Crippen LogP contribution in [0.2, 0.25) is 0 Å². The highest BCUT2D eigenvalue weighted by molar-refractivity contribution is 9.10. The van der Waals surface area contributed by atoms with Gasteiger partial charge in [-0.15, -0.1) is 0 Å². The molecule has 1 heterocycles. The lowest BCUT2D eigenvalue weighted by molar-refractivity contribution is -0.120. The lowest BCUT2D eigenvalue weighted by atomic mass is 9.98. The van der Waals surface area contributed by atoms with Gasteiger partial charge in [0, 0.05) is 10.4 Å². The van der Waals surface area contributed by atoms with E-state index in [4.69, 9.17) is 4.74 Å². The summed E-state index contributed by atoms with van der Waals surface area (Å²) in [4.78, 5) is 11.3. The number of benzene rings is 1. The Morgan fingerprint density at radius 3 is 3.00 bits per heavy atom. The number of hydrogen-bond acceptors (Lipinski definition) is 2. The van der Waals surface area contributed by atoms with E-state index in [0.29, 0.717) is 13.2 Å². The summed E-state index contributed by atoms with van der Waals surface area (Å²) in [5.41, 5.74) is 1.27. The predicted molar refractivity (Wildman–Crippen MR) is 61.8 cm³/mol. The monoisotopic (exact) mass is 268 g/mol. The van der Waals surface area contributed by atoms with Crippen molar-refractivity contribution >= 4 is 21.7 Å². The molecule has 0 amide bonds. The van der Waals surface area contributed by atoms with Gasteiger partial charge in [-0.2, -0.15) is 0 Å². The van der Waals surface area contributed by atoms with Crippen LogP contribution in [-0.4, -0.2) is 19.0 Å². The van der Waals surface area contributed by atoms with Gasteiger partial charge in [-0.25, -0.2) is 0 Å². The van der Waals surface area contributed by atoms with Crippen LogP contribution in [0.4, 0.5) is 0 Å². The van der Waals surface area contributed by atoms with Crippen LogP contribution in [0.5, 0.6) is 0 Å². The van der Waals surface area contributed by atoms with Crippen molar-refractivity contribution in [2.45, 2.75) is 12.8 Å². The zero-order valence-electron chi connectivity index (χ0n) is 8.41. The Hall–Kier alpha value is -0.670. The number of ketones is 1. The maximum absolute atomic E-state index is 11.3. The van der Waals surface area contributed by atoms with Crippen LogP contribution < -0.4 is 0 Å². The molecule has 0 N–H and O–H groups in total. The molecule has 0 aliphatic carbocycles. The normalized spacial score (nSPS) is 20.9. The molecule has 0 radical (unpaired) electrons. The lowest BCUT2D eigenvalue weighted by Gasteiger charge is -2.06.